The van der Waals surface area contributed by atoms with Crippen LogP contribution in [0.3, 0.4) is 0 Å². The number of aliphatic carboxylic acids is 2. The van der Waals surface area contributed by atoms with Crippen LogP contribution in [0.4, 0.5) is 4.79 Å². The van der Waals surface area contributed by atoms with E-state index in [-0.39, 0.29) is 18.2 Å². The van der Waals surface area contributed by atoms with Gasteiger partial charge in [-0.25, -0.2) is 14.4 Å². The predicted molar refractivity (Wildman–Crippen MR) is 132 cm³/mol. The lowest BCUT2D eigenvalue weighted by Gasteiger charge is -2.45. The van der Waals surface area contributed by atoms with Crippen LogP contribution in [0.15, 0.2) is 54.6 Å². The molecule has 3 fully saturated rings. The second-order valence-corrected chi connectivity index (χ2v) is 9.58. The summed E-state index contributed by atoms with van der Waals surface area (Å²) in [6, 6.07) is 18.8. The fourth-order valence-electron chi connectivity index (χ4n) is 5.27. The highest BCUT2D eigenvalue weighted by molar-refractivity contribution is 5.83. The number of aliphatic hydroxyl groups is 2. The lowest BCUT2D eigenvalue weighted by Crippen LogP contribution is -2.53. The number of hydrogen-bond donors (Lipinski definition) is 4. The molecule has 2 bridgehead atoms. The molecular weight excluding hydrogens is 480 g/mol. The van der Waals surface area contributed by atoms with E-state index in [1.807, 2.05) is 23.1 Å². The van der Waals surface area contributed by atoms with E-state index in [1.165, 1.54) is 11.1 Å². The number of aliphatic hydroxyl groups excluding tert-OH is 2. The Kier molecular flexibility index (Phi) is 8.42. The number of carboxylic acid groups (broad SMARTS) is 2. The minimum Gasteiger partial charge on any atom is -0.479 e. The van der Waals surface area contributed by atoms with Crippen molar-refractivity contribution in [1.29, 1.82) is 0 Å². The first-order valence-electron chi connectivity index (χ1n) is 12.4. The van der Waals surface area contributed by atoms with Crippen LogP contribution in [0.2, 0.25) is 0 Å². The van der Waals surface area contributed by atoms with E-state index in [2.05, 4.69) is 41.3 Å². The van der Waals surface area contributed by atoms with Gasteiger partial charge in [-0.05, 0) is 55.0 Å². The molecule has 4 atom stereocenters. The van der Waals surface area contributed by atoms with Gasteiger partial charge in [0.25, 0.3) is 0 Å². The molecule has 4 N–H and O–H groups in total. The Bertz CT molecular complexity index is 1080. The van der Waals surface area contributed by atoms with Crippen LogP contribution >= 0.6 is 0 Å². The zero-order valence-electron chi connectivity index (χ0n) is 20.3. The number of amides is 1. The van der Waals surface area contributed by atoms with Crippen LogP contribution in [0.1, 0.15) is 35.6 Å². The molecule has 0 aliphatic carbocycles. The maximum atomic E-state index is 13.2. The average Bonchev–Trinajstić information content (AvgIpc) is 2.93. The monoisotopic (exact) mass is 512 g/mol. The summed E-state index contributed by atoms with van der Waals surface area (Å²) in [5.41, 5.74) is 3.70. The molecule has 37 heavy (non-hydrogen) atoms. The summed E-state index contributed by atoms with van der Waals surface area (Å²) in [7, 11) is 0. The van der Waals surface area contributed by atoms with Crippen LogP contribution in [0.25, 0.3) is 0 Å². The number of carboxylic acids is 2. The largest absolute Gasteiger partial charge is 0.479 e. The lowest BCUT2D eigenvalue weighted by molar-refractivity contribution is -0.165. The molecule has 4 aliphatic heterocycles. The topological polar surface area (TPSA) is 148 Å². The van der Waals surface area contributed by atoms with Gasteiger partial charge in [0, 0.05) is 13.1 Å². The van der Waals surface area contributed by atoms with E-state index in [0.717, 1.165) is 44.5 Å². The van der Waals surface area contributed by atoms with Crippen LogP contribution < -0.4 is 0 Å². The molecule has 4 heterocycles. The minimum absolute atomic E-state index is 0.0496. The summed E-state index contributed by atoms with van der Waals surface area (Å²) < 4.78 is 6.08. The molecule has 1 amide bonds. The third-order valence-electron chi connectivity index (χ3n) is 7.29. The number of benzene rings is 2. The summed E-state index contributed by atoms with van der Waals surface area (Å²) >= 11 is 0. The summed E-state index contributed by atoms with van der Waals surface area (Å²) in [4.78, 5) is 37.1. The zero-order valence-corrected chi connectivity index (χ0v) is 20.3. The van der Waals surface area contributed by atoms with E-state index < -0.39 is 24.1 Å². The van der Waals surface area contributed by atoms with E-state index in [9.17, 15) is 14.4 Å². The first-order valence-corrected chi connectivity index (χ1v) is 12.4. The molecular formula is C27H32N2O8. The quantitative estimate of drug-likeness (QED) is 0.470. The smallest absolute Gasteiger partial charge is 0.410 e. The van der Waals surface area contributed by atoms with Gasteiger partial charge in [0.15, 0.2) is 12.2 Å². The summed E-state index contributed by atoms with van der Waals surface area (Å²) in [6.45, 7) is 3.91. The third kappa shape index (κ3) is 6.10. The van der Waals surface area contributed by atoms with Crippen molar-refractivity contribution in [3.05, 3.63) is 71.3 Å². The molecule has 198 valence electrons. The zero-order chi connectivity index (χ0) is 26.5. The number of hydrogen-bond acceptors (Lipinski definition) is 7. The Balaban J connectivity index is 0.000000275. The van der Waals surface area contributed by atoms with Gasteiger partial charge in [-0.3, -0.25) is 9.80 Å². The fraction of sp³-hybridized carbons (Fsp3) is 0.444. The highest BCUT2D eigenvalue weighted by Crippen LogP contribution is 2.36. The van der Waals surface area contributed by atoms with E-state index in [1.54, 1.807) is 0 Å². The van der Waals surface area contributed by atoms with E-state index >= 15 is 0 Å². The highest BCUT2D eigenvalue weighted by atomic mass is 16.6. The number of carbonyl (C=O) groups excluding carboxylic acids is 1. The van der Waals surface area contributed by atoms with Crippen molar-refractivity contribution in [2.75, 3.05) is 26.2 Å². The molecule has 2 aromatic rings. The van der Waals surface area contributed by atoms with Crippen molar-refractivity contribution < 1.29 is 39.5 Å². The fourth-order valence-corrected chi connectivity index (χ4v) is 5.27. The Morgan fingerprint density at radius 3 is 2.00 bits per heavy atom. The van der Waals surface area contributed by atoms with Gasteiger partial charge in [0.05, 0.1) is 6.04 Å². The maximum Gasteiger partial charge on any atom is 0.410 e. The molecule has 2 unspecified atom stereocenters. The first kappa shape index (κ1) is 26.6. The lowest BCUT2D eigenvalue weighted by atomic mass is 9.86. The molecule has 10 nitrogen and oxygen atoms in total. The Morgan fingerprint density at radius 1 is 0.838 bits per heavy atom. The van der Waals surface area contributed by atoms with Gasteiger partial charge in [0.2, 0.25) is 0 Å². The van der Waals surface area contributed by atoms with Crippen molar-refractivity contribution in [1.82, 2.24) is 9.80 Å². The Morgan fingerprint density at radius 2 is 1.43 bits per heavy atom. The molecule has 3 saturated heterocycles. The van der Waals surface area contributed by atoms with Crippen molar-refractivity contribution in [3.8, 4) is 0 Å². The summed E-state index contributed by atoms with van der Waals surface area (Å²) in [6.07, 6.45) is -1.44. The van der Waals surface area contributed by atoms with Gasteiger partial charge in [-0.1, -0.05) is 54.6 Å². The first-order chi connectivity index (χ1) is 17.8. The summed E-state index contributed by atoms with van der Waals surface area (Å²) in [5.74, 6) is -3.00. The SMILES string of the molecule is O=C(O)C(O)C(O)C(=O)O.O=C(O[C@@H]1CN2CCC1CC2)N1CCc2ccccc2[C@@H]1c1ccccc1. The van der Waals surface area contributed by atoms with Gasteiger partial charge >= 0.3 is 18.0 Å². The van der Waals surface area contributed by atoms with Gasteiger partial charge in [-0.2, -0.15) is 0 Å². The maximum absolute atomic E-state index is 13.2. The molecule has 0 saturated carbocycles. The van der Waals surface area contributed by atoms with Crippen LogP contribution in [0.5, 0.6) is 0 Å². The standard InChI is InChI=1S/C23H26N2O2.C4H6O6/c26-23(27-21-16-24-13-10-18(21)11-14-24)25-15-12-17-6-4-5-9-20(17)22(25)19-7-2-1-3-8-19;5-1(3(7)8)2(6)4(9)10/h1-9,18,21-22H,10-16H2;1-2,5-6H,(H,7,8)(H,9,10)/t21-,22+;/m1./s1. The van der Waals surface area contributed by atoms with Gasteiger partial charge in [-0.15, -0.1) is 0 Å². The minimum atomic E-state index is -2.27. The van der Waals surface area contributed by atoms with Crippen molar-refractivity contribution in [2.24, 2.45) is 5.92 Å². The van der Waals surface area contributed by atoms with Crippen LogP contribution in [-0.4, -0.2) is 92.7 Å². The Labute approximate surface area is 214 Å². The number of fused-ring (bicyclic) bond motifs is 4. The number of rotatable bonds is 5. The van der Waals surface area contributed by atoms with Gasteiger partial charge < -0.3 is 25.2 Å². The normalized spacial score (nSPS) is 25.6. The molecule has 6 rings (SSSR count). The number of ether oxygens (including phenoxy) is 1. The van der Waals surface area contributed by atoms with Crippen LogP contribution in [0, 0.1) is 5.92 Å². The van der Waals surface area contributed by atoms with Crippen molar-refractivity contribution in [2.45, 2.75) is 43.6 Å². The molecule has 0 radical (unpaired) electrons. The van der Waals surface area contributed by atoms with Crippen molar-refractivity contribution >= 4 is 18.0 Å². The molecule has 10 heteroatoms. The second-order valence-electron chi connectivity index (χ2n) is 9.58. The molecule has 4 aliphatic rings. The second kappa shape index (κ2) is 11.7. The average molecular weight is 513 g/mol. The number of nitrogens with zero attached hydrogens (tertiary/aromatic N) is 2. The third-order valence-corrected chi connectivity index (χ3v) is 7.29. The van der Waals surface area contributed by atoms with E-state index in [4.69, 9.17) is 25.2 Å². The van der Waals surface area contributed by atoms with Gasteiger partial charge in [0.1, 0.15) is 6.10 Å². The molecule has 0 aromatic heterocycles. The molecule has 2 aromatic carbocycles. The summed E-state index contributed by atoms with van der Waals surface area (Å²) in [5, 5.41) is 32.5. The number of piperidine rings is 3. The van der Waals surface area contributed by atoms with Crippen molar-refractivity contribution in [3.63, 3.8) is 0 Å². The number of carbonyl (C=O) groups is 3. The Hall–Kier alpha value is -3.47. The highest BCUT2D eigenvalue weighted by Gasteiger charge is 2.39. The van der Waals surface area contributed by atoms with E-state index in [0.29, 0.717) is 12.5 Å². The molecule has 0 spiro atoms. The van der Waals surface area contributed by atoms with Crippen LogP contribution in [-0.2, 0) is 20.7 Å². The predicted octanol–water partition coefficient (Wildman–Crippen LogP) is 1.74.